The van der Waals surface area contributed by atoms with E-state index in [0.717, 1.165) is 6.08 Å². The van der Waals surface area contributed by atoms with E-state index in [-0.39, 0.29) is 0 Å². The molecular weight excluding hydrogens is 110 g/mol. The highest BCUT2D eigenvalue weighted by Gasteiger charge is 1.69. The Balaban J connectivity index is 0. The van der Waals surface area contributed by atoms with Crippen molar-refractivity contribution in [2.24, 2.45) is 5.73 Å². The molecule has 4 nitrogen and oxygen atoms in total. The van der Waals surface area contributed by atoms with Crippen LogP contribution in [0.3, 0.4) is 0 Å². The molecule has 0 rings (SSSR count). The highest BCUT2D eigenvalue weighted by Crippen LogP contribution is 1.48. The van der Waals surface area contributed by atoms with Crippen LogP contribution in [0.5, 0.6) is 0 Å². The number of nitrogens with two attached hydrogens (primary N) is 1. The molecule has 0 aliphatic heterocycles. The van der Waals surface area contributed by atoms with Gasteiger partial charge in [0.25, 0.3) is 0 Å². The van der Waals surface area contributed by atoms with Crippen LogP contribution in [0.1, 0.15) is 0 Å². The molecule has 4 N–H and O–H groups in total. The van der Waals surface area contributed by atoms with Crippen molar-refractivity contribution in [3.05, 3.63) is 12.7 Å². The number of carbonyl (C=O) groups excluding carboxylic acids is 1. The Kier molecular flexibility index (Phi) is 12.0. The third-order valence-corrected chi connectivity index (χ3v) is 0.201. The van der Waals surface area contributed by atoms with Crippen LogP contribution >= 0.6 is 0 Å². The predicted molar refractivity (Wildman–Crippen MR) is 28.7 cm³/mol. The van der Waals surface area contributed by atoms with Crippen molar-refractivity contribution >= 4 is 5.91 Å². The second-order valence-corrected chi connectivity index (χ2v) is 0.748. The van der Waals surface area contributed by atoms with Gasteiger partial charge < -0.3 is 15.9 Å². The predicted octanol–water partition coefficient (Wildman–Crippen LogP) is -1.41. The van der Waals surface area contributed by atoms with E-state index in [0.29, 0.717) is 0 Å². The monoisotopic (exact) mass is 119 g/mol. The van der Waals surface area contributed by atoms with Gasteiger partial charge in [0.05, 0.1) is 0 Å². The van der Waals surface area contributed by atoms with E-state index in [4.69, 9.17) is 10.2 Å². The zero-order valence-electron chi connectivity index (χ0n) is 4.37. The lowest BCUT2D eigenvalue weighted by Gasteiger charge is -1.65. The van der Waals surface area contributed by atoms with Gasteiger partial charge in [-0.2, -0.15) is 0 Å². The van der Waals surface area contributed by atoms with Crippen LogP contribution in [-0.4, -0.2) is 22.9 Å². The Bertz CT molecular complexity index is 71.7. The van der Waals surface area contributed by atoms with Gasteiger partial charge in [-0.05, 0) is 6.08 Å². The van der Waals surface area contributed by atoms with Crippen molar-refractivity contribution < 1.29 is 15.0 Å². The minimum atomic E-state index is -0.750. The van der Waals surface area contributed by atoms with Crippen molar-refractivity contribution in [2.75, 3.05) is 6.79 Å². The highest BCUT2D eigenvalue weighted by atomic mass is 16.5. The highest BCUT2D eigenvalue weighted by molar-refractivity contribution is 5.84. The summed E-state index contributed by atoms with van der Waals surface area (Å²) < 4.78 is 0. The second-order valence-electron chi connectivity index (χ2n) is 0.748. The van der Waals surface area contributed by atoms with E-state index >= 15 is 0 Å². The largest absolute Gasteiger partial charge is 0.371 e. The molecule has 0 aliphatic carbocycles. The molecular formula is C4H9NO3. The van der Waals surface area contributed by atoms with Gasteiger partial charge in [0.15, 0.2) is 0 Å². The first kappa shape index (κ1) is 10.2. The summed E-state index contributed by atoms with van der Waals surface area (Å²) >= 11 is 0. The van der Waals surface area contributed by atoms with Crippen LogP contribution in [0.15, 0.2) is 12.7 Å². The Morgan fingerprint density at radius 1 is 1.75 bits per heavy atom. The number of hydrogen-bond acceptors (Lipinski definition) is 3. The molecule has 8 heavy (non-hydrogen) atoms. The number of hydrogen-bond donors (Lipinski definition) is 3. The molecule has 0 fully saturated rings. The van der Waals surface area contributed by atoms with Gasteiger partial charge in [-0.25, -0.2) is 0 Å². The molecule has 0 atom stereocenters. The number of amides is 1. The first-order chi connectivity index (χ1) is 3.68. The van der Waals surface area contributed by atoms with Gasteiger partial charge in [0, 0.05) is 0 Å². The van der Waals surface area contributed by atoms with Crippen molar-refractivity contribution in [3.8, 4) is 0 Å². The van der Waals surface area contributed by atoms with Crippen LogP contribution in [0.4, 0.5) is 0 Å². The number of aliphatic hydroxyl groups excluding tert-OH is 1. The first-order valence-corrected chi connectivity index (χ1v) is 1.82. The molecule has 0 spiro atoms. The van der Waals surface area contributed by atoms with Gasteiger partial charge in [0.2, 0.25) is 5.91 Å². The lowest BCUT2D eigenvalue weighted by molar-refractivity contribution is -0.113. The second kappa shape index (κ2) is 9.46. The summed E-state index contributed by atoms with van der Waals surface area (Å²) in [5, 5.41) is 14.2. The van der Waals surface area contributed by atoms with Crippen molar-refractivity contribution in [2.45, 2.75) is 0 Å². The molecule has 0 saturated heterocycles. The molecule has 0 bridgehead atoms. The molecule has 0 aliphatic rings. The van der Waals surface area contributed by atoms with Gasteiger partial charge in [-0.3, -0.25) is 4.79 Å². The van der Waals surface area contributed by atoms with Gasteiger partial charge in [-0.1, -0.05) is 6.58 Å². The summed E-state index contributed by atoms with van der Waals surface area (Å²) in [7, 11) is 0. The maximum absolute atomic E-state index is 9.47. The van der Waals surface area contributed by atoms with Crippen LogP contribution in [-0.2, 0) is 4.79 Å². The Morgan fingerprint density at radius 3 is 1.88 bits per heavy atom. The molecule has 0 aromatic heterocycles. The summed E-state index contributed by atoms with van der Waals surface area (Å²) in [5.74, 6) is -0.481. The summed E-state index contributed by atoms with van der Waals surface area (Å²) in [5.41, 5.74) is 4.53. The van der Waals surface area contributed by atoms with E-state index < -0.39 is 12.7 Å². The molecule has 0 aromatic rings. The summed E-state index contributed by atoms with van der Waals surface area (Å²) in [6.07, 6.45) is 1.06. The quantitative estimate of drug-likeness (QED) is 0.293. The fourth-order valence-corrected chi connectivity index (χ4v) is 0. The number of aliphatic hydroxyl groups is 2. The average Bonchev–Trinajstić information content (AvgIpc) is 1.69. The molecule has 0 radical (unpaired) electrons. The van der Waals surface area contributed by atoms with Crippen LogP contribution in [0.2, 0.25) is 0 Å². The lowest BCUT2D eigenvalue weighted by atomic mass is 10.6. The zero-order valence-corrected chi connectivity index (χ0v) is 4.37. The van der Waals surface area contributed by atoms with E-state index in [1.165, 1.54) is 0 Å². The van der Waals surface area contributed by atoms with Crippen molar-refractivity contribution in [3.63, 3.8) is 0 Å². The van der Waals surface area contributed by atoms with Crippen molar-refractivity contribution in [1.29, 1.82) is 0 Å². The number of rotatable bonds is 1. The SMILES string of the molecule is C=CC(N)=O.OCO. The minimum absolute atomic E-state index is 0.481. The first-order valence-electron chi connectivity index (χ1n) is 1.82. The Hall–Kier alpha value is -0.870. The fraction of sp³-hybridized carbons (Fsp3) is 0.250. The van der Waals surface area contributed by atoms with Crippen LogP contribution < -0.4 is 5.73 Å². The molecule has 4 heteroatoms. The topological polar surface area (TPSA) is 83.6 Å². The van der Waals surface area contributed by atoms with Crippen molar-refractivity contribution in [1.82, 2.24) is 0 Å². The van der Waals surface area contributed by atoms with Crippen LogP contribution in [0, 0.1) is 0 Å². The van der Waals surface area contributed by atoms with E-state index in [9.17, 15) is 4.79 Å². The normalized spacial score (nSPS) is 6.25. The standard InChI is InChI=1S/C3H5NO.CH4O2/c1-2-3(4)5;2-1-3/h2H,1H2,(H2,4,5);2-3H,1H2. The molecule has 1 amide bonds. The fourth-order valence-electron chi connectivity index (χ4n) is 0. The minimum Gasteiger partial charge on any atom is -0.371 e. The molecule has 0 unspecified atom stereocenters. The van der Waals surface area contributed by atoms with E-state index in [2.05, 4.69) is 12.3 Å². The summed E-state index contributed by atoms with van der Waals surface area (Å²) in [6.45, 7) is 2.34. The van der Waals surface area contributed by atoms with E-state index in [1.807, 2.05) is 0 Å². The van der Waals surface area contributed by atoms with Gasteiger partial charge in [0.1, 0.15) is 6.79 Å². The third-order valence-electron chi connectivity index (χ3n) is 0.201. The van der Waals surface area contributed by atoms with Gasteiger partial charge in [-0.15, -0.1) is 0 Å². The molecule has 48 valence electrons. The molecule has 0 heterocycles. The molecule has 0 saturated carbocycles. The van der Waals surface area contributed by atoms with E-state index in [1.54, 1.807) is 0 Å². The summed E-state index contributed by atoms with van der Waals surface area (Å²) in [4.78, 5) is 9.47. The summed E-state index contributed by atoms with van der Waals surface area (Å²) in [6, 6.07) is 0. The smallest absolute Gasteiger partial charge is 0.240 e. The maximum atomic E-state index is 9.47. The number of carbonyl (C=O) groups is 1. The average molecular weight is 119 g/mol. The third kappa shape index (κ3) is 68.5. The lowest BCUT2D eigenvalue weighted by Crippen LogP contribution is -2.04. The van der Waals surface area contributed by atoms with Gasteiger partial charge >= 0.3 is 0 Å². The zero-order chi connectivity index (χ0) is 6.99. The molecule has 0 aromatic carbocycles. The van der Waals surface area contributed by atoms with Crippen LogP contribution in [0.25, 0.3) is 0 Å². The Morgan fingerprint density at radius 2 is 1.88 bits per heavy atom. The maximum Gasteiger partial charge on any atom is 0.240 e. The Labute approximate surface area is 47.2 Å². The number of primary amides is 1.